The zero-order chi connectivity index (χ0) is 25.5. The van der Waals surface area contributed by atoms with Crippen molar-refractivity contribution < 1.29 is 22.8 Å². The molecule has 8 nitrogen and oxygen atoms in total. The van der Waals surface area contributed by atoms with Crippen LogP contribution in [0.4, 0.5) is 18.9 Å². The van der Waals surface area contributed by atoms with E-state index < -0.39 is 23.3 Å². The molecule has 35 heavy (non-hydrogen) atoms. The average molecular weight is 489 g/mol. The molecular weight excluding hydrogens is 461 g/mol. The second-order valence-corrected chi connectivity index (χ2v) is 9.39. The number of carbonyl (C=O) groups is 2. The van der Waals surface area contributed by atoms with Crippen LogP contribution in [0.5, 0.6) is 0 Å². The van der Waals surface area contributed by atoms with Crippen LogP contribution in [0.2, 0.25) is 0 Å². The summed E-state index contributed by atoms with van der Waals surface area (Å²) < 4.78 is 41.8. The van der Waals surface area contributed by atoms with Crippen LogP contribution in [0.25, 0.3) is 0 Å². The van der Waals surface area contributed by atoms with Crippen molar-refractivity contribution in [2.45, 2.75) is 38.4 Å². The lowest BCUT2D eigenvalue weighted by atomic mass is 9.76. The Balaban J connectivity index is 1.54. The van der Waals surface area contributed by atoms with Crippen molar-refractivity contribution >= 4 is 17.5 Å². The highest BCUT2D eigenvalue weighted by Gasteiger charge is 2.50. The minimum absolute atomic E-state index is 0.243. The van der Waals surface area contributed by atoms with Crippen molar-refractivity contribution in [1.29, 1.82) is 5.26 Å². The first-order valence-electron chi connectivity index (χ1n) is 11.4. The van der Waals surface area contributed by atoms with E-state index in [0.717, 1.165) is 11.8 Å². The van der Waals surface area contributed by atoms with Gasteiger partial charge in [-0.05, 0) is 55.9 Å². The Hall–Kier alpha value is -3.55. The number of hydrogen-bond donors (Lipinski definition) is 1. The van der Waals surface area contributed by atoms with Gasteiger partial charge in [0.1, 0.15) is 6.04 Å². The van der Waals surface area contributed by atoms with E-state index in [1.807, 2.05) is 11.8 Å². The Labute approximate surface area is 201 Å². The minimum atomic E-state index is -4.62. The molecule has 2 saturated heterocycles. The number of amides is 2. The monoisotopic (exact) mass is 488 g/mol. The summed E-state index contributed by atoms with van der Waals surface area (Å²) in [6.07, 6.45) is -2.89. The number of nitrogens with zero attached hydrogens (tertiary/aromatic N) is 5. The number of aromatic nitrogens is 2. The fourth-order valence-electron chi connectivity index (χ4n) is 5.15. The van der Waals surface area contributed by atoms with Crippen molar-refractivity contribution in [1.82, 2.24) is 20.0 Å². The molecule has 2 aliphatic rings. The zero-order valence-corrected chi connectivity index (χ0v) is 19.8. The van der Waals surface area contributed by atoms with E-state index in [1.165, 1.54) is 19.2 Å². The first kappa shape index (κ1) is 24.6. The molecule has 0 saturated carbocycles. The van der Waals surface area contributed by atoms with Gasteiger partial charge in [0.2, 0.25) is 5.91 Å². The Morgan fingerprint density at radius 1 is 1.23 bits per heavy atom. The Kier molecular flexibility index (Phi) is 6.25. The molecule has 2 aromatic rings. The summed E-state index contributed by atoms with van der Waals surface area (Å²) in [6, 6.07) is 6.43. The molecule has 1 atom stereocenters. The third-order valence-electron chi connectivity index (χ3n) is 7.27. The van der Waals surface area contributed by atoms with Gasteiger partial charge in [0.25, 0.3) is 5.91 Å². The van der Waals surface area contributed by atoms with Gasteiger partial charge in [-0.2, -0.15) is 23.5 Å². The van der Waals surface area contributed by atoms with Gasteiger partial charge < -0.3 is 15.1 Å². The number of anilines is 1. The number of halogens is 3. The van der Waals surface area contributed by atoms with E-state index in [9.17, 15) is 22.8 Å². The van der Waals surface area contributed by atoms with Crippen molar-refractivity contribution in [2.75, 3.05) is 31.6 Å². The topological polar surface area (TPSA) is 94.3 Å². The van der Waals surface area contributed by atoms with Crippen LogP contribution >= 0.6 is 0 Å². The average Bonchev–Trinajstić information content (AvgIpc) is 3.37. The molecule has 2 fully saturated rings. The number of alkyl halides is 3. The van der Waals surface area contributed by atoms with Gasteiger partial charge in [-0.25, -0.2) is 0 Å². The van der Waals surface area contributed by atoms with Gasteiger partial charge in [-0.3, -0.25) is 14.3 Å². The third-order valence-corrected chi connectivity index (χ3v) is 7.27. The fourth-order valence-corrected chi connectivity index (χ4v) is 5.15. The van der Waals surface area contributed by atoms with Crippen molar-refractivity contribution in [3.63, 3.8) is 0 Å². The Morgan fingerprint density at radius 2 is 1.91 bits per heavy atom. The van der Waals surface area contributed by atoms with Crippen molar-refractivity contribution in [2.24, 2.45) is 12.5 Å². The highest BCUT2D eigenvalue weighted by Crippen LogP contribution is 2.45. The standard InChI is InChI=1S/C24H27F3N6O2/c1-15-10-19(30-31(15)3)22(35)33-14-23(12-20(33)21(34)29-2)6-8-32(9-7-23)17-5-4-16(13-28)18(11-17)24(25,26)27/h4-5,10-11,20H,6-9,12,14H2,1-3H3,(H,29,34). The maximum Gasteiger partial charge on any atom is 0.417 e. The van der Waals surface area contributed by atoms with Gasteiger partial charge >= 0.3 is 6.18 Å². The number of carbonyl (C=O) groups excluding carboxylic acids is 2. The summed E-state index contributed by atoms with van der Waals surface area (Å²) in [5.74, 6) is -0.546. The fraction of sp³-hybridized carbons (Fsp3) is 0.500. The van der Waals surface area contributed by atoms with E-state index >= 15 is 0 Å². The smallest absolute Gasteiger partial charge is 0.371 e. The molecule has 0 aliphatic carbocycles. The molecule has 1 aromatic heterocycles. The zero-order valence-electron chi connectivity index (χ0n) is 19.8. The molecule has 186 valence electrons. The van der Waals surface area contributed by atoms with Crippen molar-refractivity contribution in [3.8, 4) is 6.07 Å². The van der Waals surface area contributed by atoms with Crippen LogP contribution in [-0.2, 0) is 18.0 Å². The second-order valence-electron chi connectivity index (χ2n) is 9.39. The number of piperidine rings is 1. The predicted octanol–water partition coefficient (Wildman–Crippen LogP) is 2.87. The number of likely N-dealkylation sites (tertiary alicyclic amines) is 1. The first-order valence-corrected chi connectivity index (χ1v) is 11.4. The van der Waals surface area contributed by atoms with Crippen LogP contribution in [0.1, 0.15) is 46.6 Å². The number of hydrogen-bond acceptors (Lipinski definition) is 5. The van der Waals surface area contributed by atoms with Crippen LogP contribution in [0.3, 0.4) is 0 Å². The number of likely N-dealkylation sites (N-methyl/N-ethyl adjacent to an activating group) is 1. The summed E-state index contributed by atoms with van der Waals surface area (Å²) in [5.41, 5.74) is -0.145. The maximum atomic E-state index is 13.4. The van der Waals surface area contributed by atoms with Crippen LogP contribution in [0, 0.1) is 23.7 Å². The molecule has 0 bridgehead atoms. The Bertz CT molecular complexity index is 1170. The van der Waals surface area contributed by atoms with Gasteiger partial charge in [-0.15, -0.1) is 0 Å². The highest BCUT2D eigenvalue weighted by atomic mass is 19.4. The molecule has 3 heterocycles. The molecule has 1 aromatic carbocycles. The van der Waals surface area contributed by atoms with Gasteiger partial charge in [-0.1, -0.05) is 0 Å². The van der Waals surface area contributed by atoms with Crippen LogP contribution in [-0.4, -0.2) is 59.2 Å². The van der Waals surface area contributed by atoms with E-state index in [1.54, 1.807) is 28.8 Å². The summed E-state index contributed by atoms with van der Waals surface area (Å²) in [5, 5.41) is 16.0. The van der Waals surface area contributed by atoms with Gasteiger partial charge in [0, 0.05) is 45.1 Å². The third kappa shape index (κ3) is 4.57. The number of benzene rings is 1. The molecule has 2 aliphatic heterocycles. The lowest BCUT2D eigenvalue weighted by molar-refractivity contribution is -0.137. The predicted molar refractivity (Wildman–Crippen MR) is 121 cm³/mol. The van der Waals surface area contributed by atoms with E-state index in [4.69, 9.17) is 5.26 Å². The summed E-state index contributed by atoms with van der Waals surface area (Å²) in [6.45, 7) is 3.19. The molecule has 1 N–H and O–H groups in total. The molecular formula is C24H27F3N6O2. The SMILES string of the molecule is CNC(=O)C1CC2(CCN(c3ccc(C#N)c(C(F)(F)F)c3)CC2)CN1C(=O)c1cc(C)n(C)n1. The van der Waals surface area contributed by atoms with E-state index in [0.29, 0.717) is 44.6 Å². The second kappa shape index (κ2) is 8.91. The van der Waals surface area contributed by atoms with E-state index in [-0.39, 0.29) is 22.9 Å². The molecule has 0 radical (unpaired) electrons. The van der Waals surface area contributed by atoms with Crippen LogP contribution < -0.4 is 10.2 Å². The van der Waals surface area contributed by atoms with Gasteiger partial charge in [0.05, 0.1) is 17.2 Å². The van der Waals surface area contributed by atoms with Gasteiger partial charge in [0.15, 0.2) is 5.69 Å². The lowest BCUT2D eigenvalue weighted by Crippen LogP contribution is -2.45. The summed E-state index contributed by atoms with van der Waals surface area (Å²) in [7, 11) is 3.28. The Morgan fingerprint density at radius 3 is 2.46 bits per heavy atom. The maximum absolute atomic E-state index is 13.4. The quantitative estimate of drug-likeness (QED) is 0.717. The van der Waals surface area contributed by atoms with E-state index in [2.05, 4.69) is 10.4 Å². The highest BCUT2D eigenvalue weighted by molar-refractivity contribution is 5.96. The number of nitriles is 1. The number of nitrogens with one attached hydrogen (secondary N) is 1. The van der Waals surface area contributed by atoms with Crippen LogP contribution in [0.15, 0.2) is 24.3 Å². The molecule has 1 spiro atoms. The largest absolute Gasteiger partial charge is 0.417 e. The molecule has 4 rings (SSSR count). The first-order chi connectivity index (χ1) is 16.5. The molecule has 2 amide bonds. The summed E-state index contributed by atoms with van der Waals surface area (Å²) >= 11 is 0. The minimum Gasteiger partial charge on any atom is -0.371 e. The summed E-state index contributed by atoms with van der Waals surface area (Å²) in [4.78, 5) is 29.4. The lowest BCUT2D eigenvalue weighted by Gasteiger charge is -2.40. The molecule has 1 unspecified atom stereocenters. The number of rotatable bonds is 3. The molecule has 11 heteroatoms. The van der Waals surface area contributed by atoms with Crippen molar-refractivity contribution in [3.05, 3.63) is 46.8 Å². The number of aryl methyl sites for hydroxylation is 2. The normalized spacial score (nSPS) is 19.6.